The molecular formula is C21H21N3O5. The van der Waals surface area contributed by atoms with Crippen LogP contribution in [0.5, 0.6) is 11.8 Å². The molecule has 150 valence electrons. The number of para-hydroxylation sites is 1. The topological polar surface area (TPSA) is 104 Å². The first-order chi connectivity index (χ1) is 14.1. The predicted molar refractivity (Wildman–Crippen MR) is 105 cm³/mol. The van der Waals surface area contributed by atoms with E-state index >= 15 is 0 Å². The normalized spacial score (nSPS) is 18.9. The van der Waals surface area contributed by atoms with Crippen LogP contribution in [0.25, 0.3) is 11.0 Å². The Morgan fingerprint density at radius 2 is 1.90 bits per heavy atom. The maximum Gasteiger partial charge on any atom is 0.287 e. The first kappa shape index (κ1) is 18.9. The Labute approximate surface area is 166 Å². The average molecular weight is 395 g/mol. The van der Waals surface area contributed by atoms with Crippen molar-refractivity contribution in [3.05, 3.63) is 58.7 Å². The highest BCUT2D eigenvalue weighted by Crippen LogP contribution is 2.24. The molecule has 0 aliphatic heterocycles. The van der Waals surface area contributed by atoms with Crippen LogP contribution >= 0.6 is 0 Å². The van der Waals surface area contributed by atoms with E-state index in [1.54, 1.807) is 30.5 Å². The van der Waals surface area contributed by atoms with Crippen molar-refractivity contribution in [2.75, 3.05) is 7.11 Å². The third kappa shape index (κ3) is 4.37. The maximum atomic E-state index is 12.5. The van der Waals surface area contributed by atoms with Gasteiger partial charge in [-0.25, -0.2) is 0 Å². The van der Waals surface area contributed by atoms with Gasteiger partial charge in [0, 0.05) is 12.1 Å². The number of fused-ring (bicyclic) bond motifs is 1. The predicted octanol–water partition coefficient (Wildman–Crippen LogP) is 2.71. The highest BCUT2D eigenvalue weighted by Gasteiger charge is 2.25. The Hall–Kier alpha value is -3.42. The summed E-state index contributed by atoms with van der Waals surface area (Å²) in [6.45, 7) is 0. The van der Waals surface area contributed by atoms with Gasteiger partial charge in [0.25, 0.3) is 5.91 Å². The number of methoxy groups -OCH3 is 1. The van der Waals surface area contributed by atoms with E-state index in [1.807, 2.05) is 0 Å². The van der Waals surface area contributed by atoms with Gasteiger partial charge in [-0.1, -0.05) is 12.1 Å². The van der Waals surface area contributed by atoms with Gasteiger partial charge in [0.15, 0.2) is 11.2 Å². The fourth-order valence-electron chi connectivity index (χ4n) is 3.45. The molecule has 4 rings (SSSR count). The second-order valence-electron chi connectivity index (χ2n) is 6.94. The van der Waals surface area contributed by atoms with E-state index < -0.39 is 0 Å². The summed E-state index contributed by atoms with van der Waals surface area (Å²) in [6.07, 6.45) is 6.12. The van der Waals surface area contributed by atoms with Crippen LogP contribution in [-0.2, 0) is 0 Å². The van der Waals surface area contributed by atoms with Crippen LogP contribution in [0.1, 0.15) is 36.2 Å². The van der Waals surface area contributed by atoms with E-state index in [0.717, 1.165) is 25.7 Å². The van der Waals surface area contributed by atoms with Gasteiger partial charge in [-0.15, -0.1) is 0 Å². The summed E-state index contributed by atoms with van der Waals surface area (Å²) in [5.74, 6) is 0.477. The Kier molecular flexibility index (Phi) is 5.41. The number of amides is 1. The van der Waals surface area contributed by atoms with Gasteiger partial charge in [-0.3, -0.25) is 14.6 Å². The van der Waals surface area contributed by atoms with E-state index in [1.165, 1.54) is 19.4 Å². The maximum absolute atomic E-state index is 12.5. The molecule has 0 spiro atoms. The first-order valence-electron chi connectivity index (χ1n) is 9.49. The molecule has 0 atom stereocenters. The molecule has 1 aliphatic rings. The molecule has 1 aliphatic carbocycles. The second-order valence-corrected chi connectivity index (χ2v) is 6.94. The quantitative estimate of drug-likeness (QED) is 0.708. The summed E-state index contributed by atoms with van der Waals surface area (Å²) in [5, 5.41) is 3.42. The lowest BCUT2D eigenvalue weighted by Gasteiger charge is -2.29. The van der Waals surface area contributed by atoms with Gasteiger partial charge in [-0.05, 0) is 37.8 Å². The van der Waals surface area contributed by atoms with Crippen LogP contribution in [0, 0.1) is 0 Å². The van der Waals surface area contributed by atoms with E-state index in [9.17, 15) is 9.59 Å². The molecule has 1 saturated carbocycles. The number of carbonyl (C=O) groups excluding carboxylic acids is 1. The lowest BCUT2D eigenvalue weighted by atomic mass is 9.93. The number of aromatic nitrogens is 2. The van der Waals surface area contributed by atoms with Crippen molar-refractivity contribution in [3.63, 3.8) is 0 Å². The zero-order valence-corrected chi connectivity index (χ0v) is 16.0. The van der Waals surface area contributed by atoms with Crippen molar-refractivity contribution < 1.29 is 18.7 Å². The van der Waals surface area contributed by atoms with Crippen molar-refractivity contribution in [1.82, 2.24) is 15.3 Å². The number of hydrogen-bond acceptors (Lipinski definition) is 7. The molecule has 0 bridgehead atoms. The first-order valence-corrected chi connectivity index (χ1v) is 9.49. The lowest BCUT2D eigenvalue weighted by Crippen LogP contribution is -2.40. The average Bonchev–Trinajstić information content (AvgIpc) is 2.75. The van der Waals surface area contributed by atoms with E-state index in [0.29, 0.717) is 22.7 Å². The van der Waals surface area contributed by atoms with Crippen molar-refractivity contribution in [2.24, 2.45) is 0 Å². The van der Waals surface area contributed by atoms with Gasteiger partial charge in [0.1, 0.15) is 11.7 Å². The molecular weight excluding hydrogens is 374 g/mol. The molecule has 1 aromatic carbocycles. The molecule has 2 heterocycles. The zero-order valence-electron chi connectivity index (χ0n) is 16.0. The SMILES string of the molecule is COc1cncc(OC2CCC(NC(=O)c3cc(=O)c4ccccc4o3)CC2)n1. The number of nitrogens with zero attached hydrogens (tertiary/aromatic N) is 2. The Balaban J connectivity index is 1.34. The van der Waals surface area contributed by atoms with Crippen LogP contribution in [0.2, 0.25) is 0 Å². The van der Waals surface area contributed by atoms with Gasteiger partial charge < -0.3 is 19.2 Å². The fourth-order valence-corrected chi connectivity index (χ4v) is 3.45. The van der Waals surface area contributed by atoms with Crippen LogP contribution in [0.4, 0.5) is 0 Å². The Bertz CT molecular complexity index is 1070. The number of ether oxygens (including phenoxy) is 2. The molecule has 0 radical (unpaired) electrons. The highest BCUT2D eigenvalue weighted by atomic mass is 16.5. The molecule has 0 saturated heterocycles. The van der Waals surface area contributed by atoms with Crippen molar-refractivity contribution in [3.8, 4) is 11.8 Å². The second kappa shape index (κ2) is 8.30. The Morgan fingerprint density at radius 1 is 1.14 bits per heavy atom. The summed E-state index contributed by atoms with van der Waals surface area (Å²) in [5.41, 5.74) is 0.176. The fraction of sp³-hybridized carbons (Fsp3) is 0.333. The molecule has 8 nitrogen and oxygen atoms in total. The summed E-state index contributed by atoms with van der Waals surface area (Å²) in [7, 11) is 1.53. The largest absolute Gasteiger partial charge is 0.480 e. The van der Waals surface area contributed by atoms with Crippen molar-refractivity contribution >= 4 is 16.9 Å². The molecule has 3 aromatic rings. The molecule has 1 N–H and O–H groups in total. The molecule has 0 unspecified atom stereocenters. The van der Waals surface area contributed by atoms with Crippen LogP contribution < -0.4 is 20.2 Å². The molecule has 8 heteroatoms. The minimum Gasteiger partial charge on any atom is -0.480 e. The molecule has 2 aromatic heterocycles. The monoisotopic (exact) mass is 395 g/mol. The van der Waals surface area contributed by atoms with Crippen LogP contribution in [-0.4, -0.2) is 35.1 Å². The smallest absolute Gasteiger partial charge is 0.287 e. The number of carbonyl (C=O) groups is 1. The number of benzene rings is 1. The number of hydrogen-bond donors (Lipinski definition) is 1. The van der Waals surface area contributed by atoms with Gasteiger partial charge in [0.05, 0.1) is 24.9 Å². The number of nitrogens with one attached hydrogen (secondary N) is 1. The van der Waals surface area contributed by atoms with E-state index in [2.05, 4.69) is 15.3 Å². The van der Waals surface area contributed by atoms with Crippen LogP contribution in [0.15, 0.2) is 51.9 Å². The standard InChI is InChI=1S/C21H21N3O5/c1-27-19-11-22-12-20(24-19)28-14-8-6-13(7-9-14)23-21(26)18-10-16(25)15-4-2-3-5-17(15)29-18/h2-5,10-14H,6-9H2,1H3,(H,23,26). The molecule has 1 fully saturated rings. The van der Waals surface area contributed by atoms with Gasteiger partial charge in [0.2, 0.25) is 11.8 Å². The van der Waals surface area contributed by atoms with Gasteiger partial charge in [-0.2, -0.15) is 4.98 Å². The summed E-state index contributed by atoms with van der Waals surface area (Å²) >= 11 is 0. The highest BCUT2D eigenvalue weighted by molar-refractivity contribution is 5.93. The third-order valence-electron chi connectivity index (χ3n) is 4.95. The summed E-state index contributed by atoms with van der Waals surface area (Å²) in [4.78, 5) is 33.0. The van der Waals surface area contributed by atoms with Crippen molar-refractivity contribution in [2.45, 2.75) is 37.8 Å². The summed E-state index contributed by atoms with van der Waals surface area (Å²) < 4.78 is 16.5. The van der Waals surface area contributed by atoms with E-state index in [-0.39, 0.29) is 29.2 Å². The Morgan fingerprint density at radius 3 is 2.69 bits per heavy atom. The minimum atomic E-state index is -0.379. The third-order valence-corrected chi connectivity index (χ3v) is 4.95. The summed E-state index contributed by atoms with van der Waals surface area (Å²) in [6, 6.07) is 8.12. The number of rotatable bonds is 5. The van der Waals surface area contributed by atoms with E-state index in [4.69, 9.17) is 13.9 Å². The van der Waals surface area contributed by atoms with Gasteiger partial charge >= 0.3 is 0 Å². The molecule has 29 heavy (non-hydrogen) atoms. The minimum absolute atomic E-state index is 0.00293. The van der Waals surface area contributed by atoms with Crippen molar-refractivity contribution in [1.29, 1.82) is 0 Å². The van der Waals surface area contributed by atoms with Crippen LogP contribution in [0.3, 0.4) is 0 Å². The zero-order chi connectivity index (χ0) is 20.2. The molecule has 1 amide bonds. The lowest BCUT2D eigenvalue weighted by molar-refractivity contribution is 0.0863.